The molecule has 0 saturated heterocycles. The van der Waals surface area contributed by atoms with Crippen molar-refractivity contribution in [2.24, 2.45) is 0 Å². The molecule has 0 radical (unpaired) electrons. The second-order valence-electron chi connectivity index (χ2n) is 6.75. The van der Waals surface area contributed by atoms with Crippen LogP contribution in [0.5, 0.6) is 11.5 Å². The van der Waals surface area contributed by atoms with Crippen molar-refractivity contribution in [2.45, 2.75) is 37.8 Å². The topological polar surface area (TPSA) is 73.9 Å². The lowest BCUT2D eigenvalue weighted by molar-refractivity contribution is -0.156. The zero-order valence-electron chi connectivity index (χ0n) is 16.1. The fraction of sp³-hybridized carbons (Fsp3) is 0.364. The minimum Gasteiger partial charge on any atom is -0.493 e. The Morgan fingerprint density at radius 2 is 1.75 bits per heavy atom. The molecule has 1 aliphatic rings. The van der Waals surface area contributed by atoms with Crippen LogP contribution in [-0.2, 0) is 20.7 Å². The van der Waals surface area contributed by atoms with Gasteiger partial charge in [-0.25, -0.2) is 0 Å². The Morgan fingerprint density at radius 3 is 2.39 bits per heavy atom. The molecule has 0 unspecified atom stereocenters. The van der Waals surface area contributed by atoms with E-state index in [9.17, 15) is 9.59 Å². The van der Waals surface area contributed by atoms with E-state index in [2.05, 4.69) is 5.32 Å². The molecule has 148 valence electrons. The molecule has 6 heteroatoms. The van der Waals surface area contributed by atoms with Crippen LogP contribution in [0, 0.1) is 0 Å². The van der Waals surface area contributed by atoms with Crippen LogP contribution in [0.2, 0.25) is 0 Å². The van der Waals surface area contributed by atoms with Crippen LogP contribution < -0.4 is 14.8 Å². The van der Waals surface area contributed by atoms with Crippen molar-refractivity contribution in [3.8, 4) is 11.5 Å². The quantitative estimate of drug-likeness (QED) is 0.673. The maximum atomic E-state index is 12.5. The molecule has 3 rings (SSSR count). The number of hydrogen-bond donors (Lipinski definition) is 1. The van der Waals surface area contributed by atoms with Crippen molar-refractivity contribution in [2.75, 3.05) is 14.2 Å². The summed E-state index contributed by atoms with van der Waals surface area (Å²) in [5, 5.41) is 2.91. The Kier molecular flexibility index (Phi) is 6.53. The smallest absolute Gasteiger partial charge is 0.307 e. The van der Waals surface area contributed by atoms with E-state index in [1.54, 1.807) is 32.4 Å². The number of rotatable bonds is 9. The van der Waals surface area contributed by atoms with E-state index >= 15 is 0 Å². The normalized spacial score (nSPS) is 14.1. The third-order valence-electron chi connectivity index (χ3n) is 4.58. The summed E-state index contributed by atoms with van der Waals surface area (Å²) < 4.78 is 16.1. The number of aryl methyl sites for hydroxylation is 1. The van der Waals surface area contributed by atoms with Crippen LogP contribution in [0.15, 0.2) is 48.5 Å². The van der Waals surface area contributed by atoms with Gasteiger partial charge in [0.1, 0.15) is 0 Å². The fourth-order valence-electron chi connectivity index (χ4n) is 2.88. The number of carbonyl (C=O) groups excluding carboxylic acids is 2. The summed E-state index contributed by atoms with van der Waals surface area (Å²) in [6.07, 6.45) is 1.65. The van der Waals surface area contributed by atoms with Crippen molar-refractivity contribution < 1.29 is 23.8 Å². The molecule has 1 saturated carbocycles. The number of benzene rings is 2. The number of ether oxygens (including phenoxy) is 3. The predicted octanol–water partition coefficient (Wildman–Crippen LogP) is 3.20. The molecule has 1 atom stereocenters. The molecule has 0 aliphatic heterocycles. The van der Waals surface area contributed by atoms with Gasteiger partial charge in [0, 0.05) is 18.0 Å². The van der Waals surface area contributed by atoms with E-state index in [0.717, 1.165) is 18.4 Å². The van der Waals surface area contributed by atoms with Gasteiger partial charge in [-0.15, -0.1) is 0 Å². The molecular formula is C22H25NO5. The van der Waals surface area contributed by atoms with Crippen LogP contribution in [-0.4, -0.2) is 32.1 Å². The fourth-order valence-corrected chi connectivity index (χ4v) is 2.88. The molecular weight excluding hydrogens is 358 g/mol. The molecule has 2 aromatic rings. The van der Waals surface area contributed by atoms with Crippen LogP contribution >= 0.6 is 0 Å². The molecule has 1 fully saturated rings. The minimum atomic E-state index is -0.931. The van der Waals surface area contributed by atoms with E-state index in [4.69, 9.17) is 14.2 Å². The molecule has 6 nitrogen and oxygen atoms in total. The van der Waals surface area contributed by atoms with E-state index < -0.39 is 12.1 Å². The van der Waals surface area contributed by atoms with E-state index in [1.807, 2.05) is 30.3 Å². The van der Waals surface area contributed by atoms with Crippen LogP contribution in [0.4, 0.5) is 0 Å². The van der Waals surface area contributed by atoms with Gasteiger partial charge in [-0.1, -0.05) is 36.4 Å². The predicted molar refractivity (Wildman–Crippen MR) is 104 cm³/mol. The third kappa shape index (κ3) is 5.25. The minimum absolute atomic E-state index is 0.162. The number of esters is 1. The second-order valence-corrected chi connectivity index (χ2v) is 6.75. The highest BCUT2D eigenvalue weighted by atomic mass is 16.5. The van der Waals surface area contributed by atoms with Crippen molar-refractivity contribution in [1.82, 2.24) is 5.32 Å². The monoisotopic (exact) mass is 383 g/mol. The van der Waals surface area contributed by atoms with Crippen LogP contribution in [0.25, 0.3) is 0 Å². The first-order valence-corrected chi connectivity index (χ1v) is 9.36. The molecule has 2 aromatic carbocycles. The van der Waals surface area contributed by atoms with Gasteiger partial charge >= 0.3 is 5.97 Å². The Hall–Kier alpha value is -3.02. The third-order valence-corrected chi connectivity index (χ3v) is 4.58. The Labute approximate surface area is 164 Å². The summed E-state index contributed by atoms with van der Waals surface area (Å²) >= 11 is 0. The molecule has 1 amide bonds. The molecule has 28 heavy (non-hydrogen) atoms. The average molecular weight is 383 g/mol. The summed E-state index contributed by atoms with van der Waals surface area (Å²) in [7, 11) is 3.14. The summed E-state index contributed by atoms with van der Waals surface area (Å²) in [5.41, 5.74) is 1.59. The maximum absolute atomic E-state index is 12.5. The summed E-state index contributed by atoms with van der Waals surface area (Å²) in [5.74, 6) is 0.553. The lowest BCUT2D eigenvalue weighted by Gasteiger charge is -2.18. The summed E-state index contributed by atoms with van der Waals surface area (Å²) in [6, 6.07) is 14.8. The summed E-state index contributed by atoms with van der Waals surface area (Å²) in [4.78, 5) is 25.0. The SMILES string of the molecule is COc1ccc(CCC(=O)O[C@@H](C(=O)NC2CC2)c2ccccc2)cc1OC. The lowest BCUT2D eigenvalue weighted by Crippen LogP contribution is -2.33. The van der Waals surface area contributed by atoms with Gasteiger partial charge in [0.25, 0.3) is 5.91 Å². The van der Waals surface area contributed by atoms with Gasteiger partial charge in [0.15, 0.2) is 11.5 Å². The maximum Gasteiger partial charge on any atom is 0.307 e. The molecule has 0 heterocycles. The molecule has 0 spiro atoms. The number of amides is 1. The Bertz CT molecular complexity index is 817. The number of methoxy groups -OCH3 is 2. The van der Waals surface area contributed by atoms with E-state index in [1.165, 1.54) is 0 Å². The Balaban J connectivity index is 1.62. The first-order chi connectivity index (χ1) is 13.6. The number of hydrogen-bond acceptors (Lipinski definition) is 5. The van der Waals surface area contributed by atoms with Crippen molar-refractivity contribution in [1.29, 1.82) is 0 Å². The van der Waals surface area contributed by atoms with E-state index in [-0.39, 0.29) is 18.4 Å². The van der Waals surface area contributed by atoms with Crippen LogP contribution in [0.3, 0.4) is 0 Å². The van der Waals surface area contributed by atoms with Gasteiger partial charge in [0.05, 0.1) is 14.2 Å². The highest BCUT2D eigenvalue weighted by Crippen LogP contribution is 2.28. The zero-order valence-corrected chi connectivity index (χ0v) is 16.1. The van der Waals surface area contributed by atoms with Gasteiger partial charge < -0.3 is 19.5 Å². The van der Waals surface area contributed by atoms with Crippen molar-refractivity contribution in [3.05, 3.63) is 59.7 Å². The Morgan fingerprint density at radius 1 is 1.04 bits per heavy atom. The molecule has 1 N–H and O–H groups in total. The molecule has 0 aromatic heterocycles. The first kappa shape index (κ1) is 19.7. The van der Waals surface area contributed by atoms with Gasteiger partial charge in [-0.3, -0.25) is 9.59 Å². The number of carbonyl (C=O) groups is 2. The average Bonchev–Trinajstić information content (AvgIpc) is 3.54. The van der Waals surface area contributed by atoms with Gasteiger partial charge in [-0.2, -0.15) is 0 Å². The molecule has 1 aliphatic carbocycles. The lowest BCUT2D eigenvalue weighted by atomic mass is 10.1. The second kappa shape index (κ2) is 9.26. The highest BCUT2D eigenvalue weighted by Gasteiger charge is 2.30. The van der Waals surface area contributed by atoms with Gasteiger partial charge in [-0.05, 0) is 37.0 Å². The van der Waals surface area contributed by atoms with Crippen molar-refractivity contribution in [3.63, 3.8) is 0 Å². The largest absolute Gasteiger partial charge is 0.493 e. The first-order valence-electron chi connectivity index (χ1n) is 9.36. The highest BCUT2D eigenvalue weighted by molar-refractivity contribution is 5.85. The van der Waals surface area contributed by atoms with E-state index in [0.29, 0.717) is 23.5 Å². The van der Waals surface area contributed by atoms with Gasteiger partial charge in [0.2, 0.25) is 6.10 Å². The molecule has 0 bridgehead atoms. The standard InChI is InChI=1S/C22H25NO5/c1-26-18-12-8-15(14-19(18)27-2)9-13-20(24)28-21(16-6-4-3-5-7-16)22(25)23-17-10-11-17/h3-8,12,14,17,21H,9-11,13H2,1-2H3,(H,23,25)/t21-/m1/s1. The van der Waals surface area contributed by atoms with Crippen molar-refractivity contribution >= 4 is 11.9 Å². The van der Waals surface area contributed by atoms with Crippen LogP contribution in [0.1, 0.15) is 36.5 Å². The number of nitrogens with one attached hydrogen (secondary N) is 1. The zero-order chi connectivity index (χ0) is 19.9. The summed E-state index contributed by atoms with van der Waals surface area (Å²) in [6.45, 7) is 0.